The number of amides is 1. The minimum atomic E-state index is -3.32. The number of hydrogen-bond donors (Lipinski definition) is 3. The predicted octanol–water partition coefficient (Wildman–Crippen LogP) is 0.388. The highest BCUT2D eigenvalue weighted by atomic mass is 32.2. The number of carbonyl (C=O) groups excluding carboxylic acids is 1. The van der Waals surface area contributed by atoms with Crippen LogP contribution in [-0.2, 0) is 10.0 Å². The summed E-state index contributed by atoms with van der Waals surface area (Å²) in [7, 11) is -3.32. The molecular weight excluding hydrogens is 274 g/mol. The summed E-state index contributed by atoms with van der Waals surface area (Å²) in [5, 5.41) is 4.38. The van der Waals surface area contributed by atoms with Crippen molar-refractivity contribution in [3.63, 3.8) is 0 Å². The number of rotatable bonds is 5. The molecule has 1 aromatic heterocycles. The molecule has 0 unspecified atom stereocenters. The number of carbonyl (C=O) groups is 1. The fourth-order valence-electron chi connectivity index (χ4n) is 1.42. The second-order valence-electron chi connectivity index (χ2n) is 4.65. The molecule has 0 bridgehead atoms. The highest BCUT2D eigenvalue weighted by molar-refractivity contribution is 7.88. The van der Waals surface area contributed by atoms with Gasteiger partial charge in [-0.1, -0.05) is 0 Å². The SMILES string of the molecule is CC(C)(CNC(=O)c1sccc1N)NS(C)(=O)=O. The van der Waals surface area contributed by atoms with E-state index in [2.05, 4.69) is 10.0 Å². The minimum absolute atomic E-state index is 0.177. The lowest BCUT2D eigenvalue weighted by molar-refractivity contribution is 0.0949. The van der Waals surface area contributed by atoms with Crippen LogP contribution in [0.4, 0.5) is 5.69 Å². The van der Waals surface area contributed by atoms with E-state index >= 15 is 0 Å². The normalized spacial score (nSPS) is 12.4. The molecule has 18 heavy (non-hydrogen) atoms. The van der Waals surface area contributed by atoms with Gasteiger partial charge >= 0.3 is 0 Å². The number of anilines is 1. The van der Waals surface area contributed by atoms with Gasteiger partial charge in [0, 0.05) is 12.1 Å². The van der Waals surface area contributed by atoms with E-state index in [9.17, 15) is 13.2 Å². The number of nitrogens with two attached hydrogens (primary N) is 1. The average molecular weight is 291 g/mol. The Labute approximate surface area is 111 Å². The van der Waals surface area contributed by atoms with Crippen LogP contribution in [0.5, 0.6) is 0 Å². The van der Waals surface area contributed by atoms with E-state index in [1.54, 1.807) is 25.3 Å². The molecule has 0 radical (unpaired) electrons. The van der Waals surface area contributed by atoms with Crippen molar-refractivity contribution in [3.8, 4) is 0 Å². The second kappa shape index (κ2) is 5.25. The Kier molecular flexibility index (Phi) is 4.36. The highest BCUT2D eigenvalue weighted by Crippen LogP contribution is 2.18. The first kappa shape index (κ1) is 14.9. The van der Waals surface area contributed by atoms with Gasteiger partial charge in [0.15, 0.2) is 0 Å². The third-order valence-corrected chi connectivity index (χ3v) is 3.91. The Hall–Kier alpha value is -1.12. The zero-order valence-corrected chi connectivity index (χ0v) is 12.1. The molecule has 0 aliphatic heterocycles. The van der Waals surface area contributed by atoms with Crippen LogP contribution in [0.3, 0.4) is 0 Å². The molecule has 0 saturated heterocycles. The molecule has 4 N–H and O–H groups in total. The van der Waals surface area contributed by atoms with E-state index in [4.69, 9.17) is 5.73 Å². The van der Waals surface area contributed by atoms with Crippen LogP contribution in [-0.4, -0.2) is 32.7 Å². The number of hydrogen-bond acceptors (Lipinski definition) is 5. The Morgan fingerprint density at radius 3 is 2.56 bits per heavy atom. The quantitative estimate of drug-likeness (QED) is 0.730. The zero-order chi connectivity index (χ0) is 14.0. The molecule has 0 aliphatic rings. The van der Waals surface area contributed by atoms with Crippen molar-refractivity contribution in [1.82, 2.24) is 10.0 Å². The van der Waals surface area contributed by atoms with E-state index in [0.717, 1.165) is 6.26 Å². The van der Waals surface area contributed by atoms with Crippen molar-refractivity contribution in [2.24, 2.45) is 0 Å². The van der Waals surface area contributed by atoms with Gasteiger partial charge in [0.1, 0.15) is 4.88 Å². The number of nitrogens with one attached hydrogen (secondary N) is 2. The largest absolute Gasteiger partial charge is 0.397 e. The summed E-state index contributed by atoms with van der Waals surface area (Å²) in [6, 6.07) is 1.65. The second-order valence-corrected chi connectivity index (χ2v) is 7.31. The lowest BCUT2D eigenvalue weighted by atomic mass is 10.1. The maximum Gasteiger partial charge on any atom is 0.263 e. The topological polar surface area (TPSA) is 101 Å². The fourth-order valence-corrected chi connectivity index (χ4v) is 3.23. The van der Waals surface area contributed by atoms with Crippen LogP contribution in [0.2, 0.25) is 0 Å². The molecule has 1 amide bonds. The molecule has 1 rings (SSSR count). The standard InChI is InChI=1S/C10H17N3O3S2/c1-10(2,13-18(3,15)16)6-12-9(14)8-7(11)4-5-17-8/h4-5,13H,6,11H2,1-3H3,(H,12,14). The van der Waals surface area contributed by atoms with Crippen molar-refractivity contribution in [2.75, 3.05) is 18.5 Å². The van der Waals surface area contributed by atoms with Crippen LogP contribution < -0.4 is 15.8 Å². The molecule has 0 aromatic carbocycles. The maximum absolute atomic E-state index is 11.8. The van der Waals surface area contributed by atoms with Crippen LogP contribution in [0, 0.1) is 0 Å². The molecule has 6 nitrogen and oxygen atoms in total. The van der Waals surface area contributed by atoms with E-state index in [1.165, 1.54) is 11.3 Å². The Balaban J connectivity index is 2.61. The van der Waals surface area contributed by atoms with Gasteiger partial charge in [-0.3, -0.25) is 4.79 Å². The van der Waals surface area contributed by atoms with E-state index in [0.29, 0.717) is 10.6 Å². The predicted molar refractivity (Wildman–Crippen MR) is 73.1 cm³/mol. The summed E-state index contributed by atoms with van der Waals surface area (Å²) in [5.41, 5.74) is 5.29. The molecule has 0 fully saturated rings. The summed E-state index contributed by atoms with van der Waals surface area (Å²) < 4.78 is 24.7. The molecule has 0 spiro atoms. The fraction of sp³-hybridized carbons (Fsp3) is 0.500. The van der Waals surface area contributed by atoms with E-state index in [1.807, 2.05) is 0 Å². The molecule has 102 valence electrons. The lowest BCUT2D eigenvalue weighted by Crippen LogP contribution is -2.50. The van der Waals surface area contributed by atoms with Crippen molar-refractivity contribution in [3.05, 3.63) is 16.3 Å². The lowest BCUT2D eigenvalue weighted by Gasteiger charge is -2.25. The summed E-state index contributed by atoms with van der Waals surface area (Å²) in [6.45, 7) is 3.55. The van der Waals surface area contributed by atoms with Gasteiger partial charge < -0.3 is 11.1 Å². The minimum Gasteiger partial charge on any atom is -0.397 e. The summed E-state index contributed by atoms with van der Waals surface area (Å²) in [4.78, 5) is 12.2. The van der Waals surface area contributed by atoms with Crippen molar-refractivity contribution in [1.29, 1.82) is 0 Å². The first-order valence-corrected chi connectivity index (χ1v) is 7.98. The maximum atomic E-state index is 11.8. The van der Waals surface area contributed by atoms with E-state index < -0.39 is 15.6 Å². The van der Waals surface area contributed by atoms with Crippen molar-refractivity contribution >= 4 is 33.0 Å². The van der Waals surface area contributed by atoms with Gasteiger partial charge in [0.2, 0.25) is 10.0 Å². The van der Waals surface area contributed by atoms with Crippen LogP contribution in [0.25, 0.3) is 0 Å². The van der Waals surface area contributed by atoms with Crippen molar-refractivity contribution in [2.45, 2.75) is 19.4 Å². The molecule has 0 atom stereocenters. The van der Waals surface area contributed by atoms with Crippen LogP contribution in [0.1, 0.15) is 23.5 Å². The van der Waals surface area contributed by atoms with Crippen LogP contribution in [0.15, 0.2) is 11.4 Å². The monoisotopic (exact) mass is 291 g/mol. The molecule has 8 heteroatoms. The zero-order valence-electron chi connectivity index (χ0n) is 10.5. The molecule has 0 aliphatic carbocycles. The summed E-state index contributed by atoms with van der Waals surface area (Å²) >= 11 is 1.25. The van der Waals surface area contributed by atoms with Crippen molar-refractivity contribution < 1.29 is 13.2 Å². The summed E-state index contributed by atoms with van der Waals surface area (Å²) in [6.07, 6.45) is 1.08. The Morgan fingerprint density at radius 1 is 1.50 bits per heavy atom. The van der Waals surface area contributed by atoms with Crippen LogP contribution >= 0.6 is 11.3 Å². The Morgan fingerprint density at radius 2 is 2.11 bits per heavy atom. The molecule has 1 aromatic rings. The van der Waals surface area contributed by atoms with Gasteiger partial charge in [-0.2, -0.15) is 0 Å². The number of thiophene rings is 1. The van der Waals surface area contributed by atoms with Gasteiger partial charge in [-0.15, -0.1) is 11.3 Å². The first-order valence-electron chi connectivity index (χ1n) is 5.21. The number of nitrogen functional groups attached to an aromatic ring is 1. The Bertz CT molecular complexity index is 534. The third kappa shape index (κ3) is 4.63. The molecular formula is C10H17N3O3S2. The smallest absolute Gasteiger partial charge is 0.263 e. The van der Waals surface area contributed by atoms with Gasteiger partial charge in [-0.25, -0.2) is 13.1 Å². The molecule has 1 heterocycles. The van der Waals surface area contributed by atoms with Gasteiger partial charge in [0.05, 0.1) is 11.9 Å². The first-order chi connectivity index (χ1) is 8.11. The summed E-state index contributed by atoms with van der Waals surface area (Å²) in [5.74, 6) is -0.300. The molecule has 0 saturated carbocycles. The average Bonchev–Trinajstić information content (AvgIpc) is 2.57. The number of sulfonamides is 1. The highest BCUT2D eigenvalue weighted by Gasteiger charge is 2.23. The third-order valence-electron chi connectivity index (χ3n) is 2.05. The van der Waals surface area contributed by atoms with Gasteiger partial charge in [0.25, 0.3) is 5.91 Å². The van der Waals surface area contributed by atoms with E-state index in [-0.39, 0.29) is 12.5 Å². The van der Waals surface area contributed by atoms with Gasteiger partial charge in [-0.05, 0) is 25.3 Å².